The molecular formula is C20H24FN3O3. The second kappa shape index (κ2) is 6.34. The third-order valence-electron chi connectivity index (χ3n) is 6.14. The van der Waals surface area contributed by atoms with E-state index in [0.717, 1.165) is 38.0 Å². The van der Waals surface area contributed by atoms with E-state index in [9.17, 15) is 19.1 Å². The number of carboxylic acid groups (broad SMARTS) is 1. The lowest BCUT2D eigenvalue weighted by Gasteiger charge is -2.23. The van der Waals surface area contributed by atoms with E-state index in [1.54, 1.807) is 17.6 Å². The number of alkyl halides is 1. The molecule has 27 heavy (non-hydrogen) atoms. The van der Waals surface area contributed by atoms with Gasteiger partial charge in [0.1, 0.15) is 12.2 Å². The zero-order chi connectivity index (χ0) is 19.3. The van der Waals surface area contributed by atoms with Crippen molar-refractivity contribution in [2.24, 2.45) is 11.7 Å². The molecule has 3 N–H and O–H groups in total. The Morgan fingerprint density at radius 1 is 1.44 bits per heavy atom. The number of hydrogen-bond donors (Lipinski definition) is 2. The lowest BCUT2D eigenvalue weighted by atomic mass is 9.97. The minimum Gasteiger partial charge on any atom is -0.477 e. The SMILES string of the molecule is C[C@H](CF)n1cc(C(=O)O)c(=O)c2ccc(N3CC[C@@H](C4(N)CC4)C3)cc21. The van der Waals surface area contributed by atoms with Crippen molar-refractivity contribution in [3.05, 3.63) is 40.2 Å². The number of pyridine rings is 1. The van der Waals surface area contributed by atoms with Crippen molar-refractivity contribution in [3.63, 3.8) is 0 Å². The van der Waals surface area contributed by atoms with Crippen molar-refractivity contribution in [3.8, 4) is 0 Å². The lowest BCUT2D eigenvalue weighted by molar-refractivity contribution is 0.0694. The van der Waals surface area contributed by atoms with Crippen LogP contribution in [0.2, 0.25) is 0 Å². The van der Waals surface area contributed by atoms with Crippen LogP contribution >= 0.6 is 0 Å². The predicted molar refractivity (Wildman–Crippen MR) is 102 cm³/mol. The fourth-order valence-electron chi connectivity index (χ4n) is 4.14. The van der Waals surface area contributed by atoms with Crippen molar-refractivity contribution >= 4 is 22.6 Å². The zero-order valence-corrected chi connectivity index (χ0v) is 15.3. The van der Waals surface area contributed by atoms with Gasteiger partial charge in [-0.2, -0.15) is 0 Å². The summed E-state index contributed by atoms with van der Waals surface area (Å²) in [5.74, 6) is -0.833. The molecule has 1 saturated carbocycles. The van der Waals surface area contributed by atoms with Crippen molar-refractivity contribution < 1.29 is 14.3 Å². The fraction of sp³-hybridized carbons (Fsp3) is 0.500. The van der Waals surface area contributed by atoms with E-state index in [0.29, 0.717) is 16.8 Å². The number of aromatic carboxylic acids is 1. The first-order valence-corrected chi connectivity index (χ1v) is 9.36. The maximum Gasteiger partial charge on any atom is 0.341 e. The van der Waals surface area contributed by atoms with Gasteiger partial charge in [0.15, 0.2) is 0 Å². The molecule has 144 valence electrons. The molecule has 2 aromatic rings. The number of anilines is 1. The lowest BCUT2D eigenvalue weighted by Crippen LogP contribution is -2.34. The van der Waals surface area contributed by atoms with E-state index in [2.05, 4.69) is 4.90 Å². The molecule has 1 aliphatic carbocycles. The molecule has 0 spiro atoms. The maximum atomic E-state index is 13.4. The van der Waals surface area contributed by atoms with Gasteiger partial charge in [0, 0.05) is 35.9 Å². The third kappa shape index (κ3) is 3.00. The molecule has 0 amide bonds. The standard InChI is InChI=1S/C20H24FN3O3/c1-12(9-21)24-11-16(19(26)27)18(25)15-3-2-14(8-17(15)24)23-7-4-13(10-23)20(22)5-6-20/h2-3,8,11-13H,4-7,9-10,22H2,1H3,(H,26,27)/t12-,13-/m1/s1. The molecule has 1 aliphatic heterocycles. The molecule has 0 radical (unpaired) electrons. The highest BCUT2D eigenvalue weighted by Crippen LogP contribution is 2.44. The number of rotatable bonds is 5. The second-order valence-corrected chi connectivity index (χ2v) is 7.95. The van der Waals surface area contributed by atoms with Crippen LogP contribution in [0, 0.1) is 5.92 Å². The summed E-state index contributed by atoms with van der Waals surface area (Å²) in [7, 11) is 0. The number of nitrogens with two attached hydrogens (primary N) is 1. The molecule has 4 rings (SSSR count). The zero-order valence-electron chi connectivity index (χ0n) is 15.3. The Hall–Kier alpha value is -2.41. The highest BCUT2D eigenvalue weighted by molar-refractivity contribution is 5.93. The summed E-state index contributed by atoms with van der Waals surface area (Å²) in [6, 6.07) is 4.81. The molecular weight excluding hydrogens is 349 g/mol. The van der Waals surface area contributed by atoms with E-state index >= 15 is 0 Å². The molecule has 1 saturated heterocycles. The van der Waals surface area contributed by atoms with E-state index in [-0.39, 0.29) is 11.1 Å². The van der Waals surface area contributed by atoms with Gasteiger partial charge < -0.3 is 20.3 Å². The number of hydrogen-bond acceptors (Lipinski definition) is 4. The van der Waals surface area contributed by atoms with Crippen molar-refractivity contribution in [2.45, 2.75) is 37.8 Å². The van der Waals surface area contributed by atoms with Gasteiger partial charge in [-0.05, 0) is 50.3 Å². The monoisotopic (exact) mass is 373 g/mol. The molecule has 2 aliphatic rings. The number of benzene rings is 1. The topological polar surface area (TPSA) is 88.6 Å². The quantitative estimate of drug-likeness (QED) is 0.841. The number of nitrogens with zero attached hydrogens (tertiary/aromatic N) is 2. The molecule has 7 heteroatoms. The van der Waals surface area contributed by atoms with E-state index < -0.39 is 24.1 Å². The highest BCUT2D eigenvalue weighted by atomic mass is 19.1. The van der Waals surface area contributed by atoms with E-state index in [1.165, 1.54) is 6.20 Å². The first-order valence-electron chi connectivity index (χ1n) is 9.36. The average molecular weight is 373 g/mol. The normalized spacial score (nSPS) is 22.2. The predicted octanol–water partition coefficient (Wildman–Crippen LogP) is 2.55. The molecule has 6 nitrogen and oxygen atoms in total. The molecule has 1 aromatic carbocycles. The Kier molecular flexibility index (Phi) is 4.22. The first-order chi connectivity index (χ1) is 12.8. The van der Waals surface area contributed by atoms with Gasteiger partial charge in [-0.3, -0.25) is 4.79 Å². The average Bonchev–Trinajstić information content (AvgIpc) is 3.20. The van der Waals surface area contributed by atoms with Crippen molar-refractivity contribution in [1.29, 1.82) is 0 Å². The van der Waals surface area contributed by atoms with Crippen molar-refractivity contribution in [1.82, 2.24) is 4.57 Å². The Labute approximate surface area is 156 Å². The first kappa shape index (κ1) is 18.0. The summed E-state index contributed by atoms with van der Waals surface area (Å²) >= 11 is 0. The molecule has 2 heterocycles. The summed E-state index contributed by atoms with van der Waals surface area (Å²) in [5.41, 5.74) is 6.98. The van der Waals surface area contributed by atoms with Gasteiger partial charge >= 0.3 is 5.97 Å². The molecule has 2 atom stereocenters. The van der Waals surface area contributed by atoms with Crippen LogP contribution in [0.5, 0.6) is 0 Å². The van der Waals surface area contributed by atoms with Crippen LogP contribution < -0.4 is 16.1 Å². The third-order valence-corrected chi connectivity index (χ3v) is 6.14. The summed E-state index contributed by atoms with van der Waals surface area (Å²) in [6.07, 6.45) is 4.45. The Morgan fingerprint density at radius 2 is 2.19 bits per heavy atom. The Morgan fingerprint density at radius 3 is 2.81 bits per heavy atom. The van der Waals surface area contributed by atoms with Crippen LogP contribution in [0.3, 0.4) is 0 Å². The minimum atomic E-state index is -1.30. The van der Waals surface area contributed by atoms with Gasteiger partial charge in [0.25, 0.3) is 0 Å². The van der Waals surface area contributed by atoms with Gasteiger partial charge in [-0.15, -0.1) is 0 Å². The van der Waals surface area contributed by atoms with Gasteiger partial charge in [0.05, 0.1) is 11.6 Å². The Balaban J connectivity index is 1.78. The van der Waals surface area contributed by atoms with Crippen LogP contribution in [0.1, 0.15) is 42.6 Å². The number of carbonyl (C=O) groups is 1. The number of fused-ring (bicyclic) bond motifs is 1. The molecule has 0 bridgehead atoms. The van der Waals surface area contributed by atoms with Gasteiger partial charge in [0.2, 0.25) is 5.43 Å². The molecule has 1 aromatic heterocycles. The van der Waals surface area contributed by atoms with Crippen LogP contribution in [0.15, 0.2) is 29.2 Å². The van der Waals surface area contributed by atoms with Crippen molar-refractivity contribution in [2.75, 3.05) is 24.7 Å². The second-order valence-electron chi connectivity index (χ2n) is 7.95. The summed E-state index contributed by atoms with van der Waals surface area (Å²) in [5, 5.41) is 9.61. The highest BCUT2D eigenvalue weighted by Gasteiger charge is 2.47. The molecule has 2 fully saturated rings. The summed E-state index contributed by atoms with van der Waals surface area (Å²) < 4.78 is 14.9. The number of carboxylic acids is 1. The molecule has 0 unspecified atom stereocenters. The summed E-state index contributed by atoms with van der Waals surface area (Å²) in [6.45, 7) is 2.78. The Bertz CT molecular complexity index is 967. The van der Waals surface area contributed by atoms with Crippen LogP contribution in [0.25, 0.3) is 10.9 Å². The fourth-order valence-corrected chi connectivity index (χ4v) is 4.14. The van der Waals surface area contributed by atoms with Crippen LogP contribution in [-0.2, 0) is 0 Å². The van der Waals surface area contributed by atoms with Crippen LogP contribution in [0.4, 0.5) is 10.1 Å². The van der Waals surface area contributed by atoms with E-state index in [1.807, 2.05) is 12.1 Å². The summed E-state index contributed by atoms with van der Waals surface area (Å²) in [4.78, 5) is 26.2. The van der Waals surface area contributed by atoms with Gasteiger partial charge in [-0.1, -0.05) is 0 Å². The van der Waals surface area contributed by atoms with E-state index in [4.69, 9.17) is 5.73 Å². The smallest absolute Gasteiger partial charge is 0.341 e. The van der Waals surface area contributed by atoms with Crippen LogP contribution in [-0.4, -0.2) is 40.9 Å². The largest absolute Gasteiger partial charge is 0.477 e. The minimum absolute atomic E-state index is 0.0210. The maximum absolute atomic E-state index is 13.4. The number of halogens is 1. The van der Waals surface area contributed by atoms with Gasteiger partial charge in [-0.25, -0.2) is 9.18 Å². The number of aromatic nitrogens is 1.